The van der Waals surface area contributed by atoms with Gasteiger partial charge in [0.2, 0.25) is 0 Å². The standard InChI is InChI=1S/C19H15NO5/c1-25-19(24)14(10-11-6-8-12(21)9-7-11)17-16(18(22)23)13-4-2-3-5-15(13)20-17/h2-10,20-21H,1H3,(H,22,23)/b14-10+. The van der Waals surface area contributed by atoms with Crippen molar-refractivity contribution >= 4 is 34.5 Å². The molecular formula is C19H15NO5. The lowest BCUT2D eigenvalue weighted by Gasteiger charge is -2.06. The Balaban J connectivity index is 2.25. The molecule has 6 nitrogen and oxygen atoms in total. The molecule has 0 radical (unpaired) electrons. The van der Waals surface area contributed by atoms with Gasteiger partial charge in [-0.1, -0.05) is 30.3 Å². The molecule has 1 aromatic heterocycles. The van der Waals surface area contributed by atoms with E-state index in [1.807, 2.05) is 0 Å². The van der Waals surface area contributed by atoms with Crippen molar-refractivity contribution in [1.82, 2.24) is 4.98 Å². The summed E-state index contributed by atoms with van der Waals surface area (Å²) < 4.78 is 4.82. The van der Waals surface area contributed by atoms with Crippen molar-refractivity contribution in [2.75, 3.05) is 7.11 Å². The van der Waals surface area contributed by atoms with Crippen molar-refractivity contribution < 1.29 is 24.5 Å². The van der Waals surface area contributed by atoms with Crippen LogP contribution in [0.4, 0.5) is 0 Å². The smallest absolute Gasteiger partial charge is 0.340 e. The Morgan fingerprint density at radius 3 is 2.40 bits per heavy atom. The van der Waals surface area contributed by atoms with Crippen molar-refractivity contribution in [2.24, 2.45) is 0 Å². The number of nitrogens with one attached hydrogen (secondary N) is 1. The van der Waals surface area contributed by atoms with Crippen LogP contribution < -0.4 is 0 Å². The Kier molecular flexibility index (Phi) is 4.26. The number of carbonyl (C=O) groups is 2. The Morgan fingerprint density at radius 1 is 1.08 bits per heavy atom. The first-order valence-electron chi connectivity index (χ1n) is 7.44. The van der Waals surface area contributed by atoms with Crippen LogP contribution >= 0.6 is 0 Å². The molecule has 0 atom stereocenters. The average Bonchev–Trinajstić information content (AvgIpc) is 3.00. The van der Waals surface area contributed by atoms with Crippen LogP contribution in [0.15, 0.2) is 48.5 Å². The highest BCUT2D eigenvalue weighted by Gasteiger charge is 2.24. The number of esters is 1. The number of hydrogen-bond acceptors (Lipinski definition) is 4. The molecule has 2 aromatic carbocycles. The van der Waals surface area contributed by atoms with E-state index < -0.39 is 11.9 Å². The number of carbonyl (C=O) groups excluding carboxylic acids is 1. The number of aromatic carboxylic acids is 1. The van der Waals surface area contributed by atoms with Crippen LogP contribution in [-0.4, -0.2) is 34.2 Å². The molecule has 0 saturated carbocycles. The van der Waals surface area contributed by atoms with Crippen LogP contribution in [0.3, 0.4) is 0 Å². The fourth-order valence-electron chi connectivity index (χ4n) is 2.65. The van der Waals surface area contributed by atoms with Crippen molar-refractivity contribution in [2.45, 2.75) is 0 Å². The van der Waals surface area contributed by atoms with Gasteiger partial charge in [-0.3, -0.25) is 0 Å². The van der Waals surface area contributed by atoms with Gasteiger partial charge in [0, 0.05) is 10.9 Å². The van der Waals surface area contributed by atoms with Gasteiger partial charge < -0.3 is 19.9 Å². The second-order valence-electron chi connectivity index (χ2n) is 5.37. The van der Waals surface area contributed by atoms with E-state index in [0.717, 1.165) is 0 Å². The number of ether oxygens (including phenoxy) is 1. The number of hydrogen-bond donors (Lipinski definition) is 3. The lowest BCUT2D eigenvalue weighted by Crippen LogP contribution is -2.08. The first-order chi connectivity index (χ1) is 12.0. The van der Waals surface area contributed by atoms with E-state index >= 15 is 0 Å². The maximum absolute atomic E-state index is 12.3. The Hall–Kier alpha value is -3.54. The quantitative estimate of drug-likeness (QED) is 0.501. The number of carboxylic acid groups (broad SMARTS) is 1. The van der Waals surface area contributed by atoms with Gasteiger partial charge in [0.15, 0.2) is 0 Å². The fraction of sp³-hybridized carbons (Fsp3) is 0.0526. The lowest BCUT2D eigenvalue weighted by atomic mass is 10.0. The van der Waals surface area contributed by atoms with E-state index in [9.17, 15) is 19.8 Å². The number of para-hydroxylation sites is 1. The zero-order valence-corrected chi connectivity index (χ0v) is 13.3. The number of benzene rings is 2. The summed E-state index contributed by atoms with van der Waals surface area (Å²) in [5.41, 5.74) is 1.49. The molecule has 25 heavy (non-hydrogen) atoms. The normalized spacial score (nSPS) is 11.5. The number of phenolic OH excluding ortho intramolecular Hbond substituents is 1. The van der Waals surface area contributed by atoms with Gasteiger partial charge in [-0.15, -0.1) is 0 Å². The minimum absolute atomic E-state index is 0.00558. The summed E-state index contributed by atoms with van der Waals surface area (Å²) in [4.78, 5) is 27.1. The number of aromatic hydroxyl groups is 1. The number of methoxy groups -OCH3 is 1. The summed E-state index contributed by atoms with van der Waals surface area (Å²) in [7, 11) is 1.23. The second kappa shape index (κ2) is 6.52. The maximum atomic E-state index is 12.3. The predicted octanol–water partition coefficient (Wildman–Crippen LogP) is 3.29. The van der Waals surface area contributed by atoms with Gasteiger partial charge in [0.05, 0.1) is 23.9 Å². The Labute approximate surface area is 143 Å². The van der Waals surface area contributed by atoms with Crippen LogP contribution in [0.1, 0.15) is 21.6 Å². The van der Waals surface area contributed by atoms with Gasteiger partial charge in [-0.25, -0.2) is 9.59 Å². The highest BCUT2D eigenvalue weighted by molar-refractivity contribution is 6.25. The first kappa shape index (κ1) is 16.3. The first-order valence-corrected chi connectivity index (χ1v) is 7.44. The third-order valence-corrected chi connectivity index (χ3v) is 3.80. The van der Waals surface area contributed by atoms with E-state index in [0.29, 0.717) is 16.5 Å². The van der Waals surface area contributed by atoms with Gasteiger partial charge in [0.1, 0.15) is 5.75 Å². The Bertz CT molecular complexity index is 983. The molecule has 6 heteroatoms. The molecule has 1 heterocycles. The molecule has 126 valence electrons. The summed E-state index contributed by atoms with van der Waals surface area (Å²) in [6.45, 7) is 0. The van der Waals surface area contributed by atoms with E-state index in [2.05, 4.69) is 4.98 Å². The van der Waals surface area contributed by atoms with Crippen molar-refractivity contribution in [3.8, 4) is 5.75 Å². The fourth-order valence-corrected chi connectivity index (χ4v) is 2.65. The lowest BCUT2D eigenvalue weighted by molar-refractivity contribution is -0.133. The van der Waals surface area contributed by atoms with Crippen LogP contribution in [0.25, 0.3) is 22.6 Å². The van der Waals surface area contributed by atoms with Gasteiger partial charge in [0.25, 0.3) is 0 Å². The highest BCUT2D eigenvalue weighted by atomic mass is 16.5. The topological polar surface area (TPSA) is 99.6 Å². The Morgan fingerprint density at radius 2 is 1.76 bits per heavy atom. The molecule has 0 bridgehead atoms. The number of H-pyrrole nitrogens is 1. The van der Waals surface area contributed by atoms with Crippen LogP contribution in [-0.2, 0) is 9.53 Å². The zero-order valence-electron chi connectivity index (χ0n) is 13.3. The summed E-state index contributed by atoms with van der Waals surface area (Å²) in [5, 5.41) is 19.5. The van der Waals surface area contributed by atoms with Crippen LogP contribution in [0.5, 0.6) is 5.75 Å². The molecule has 3 N–H and O–H groups in total. The van der Waals surface area contributed by atoms with E-state index in [4.69, 9.17) is 4.74 Å². The SMILES string of the molecule is COC(=O)/C(=C/c1ccc(O)cc1)c1[nH]c2ccccc2c1C(=O)O. The van der Waals surface area contributed by atoms with E-state index in [1.54, 1.807) is 36.4 Å². The summed E-state index contributed by atoms with van der Waals surface area (Å²) in [6, 6.07) is 13.1. The molecule has 0 fully saturated rings. The minimum Gasteiger partial charge on any atom is -0.508 e. The molecule has 0 unspecified atom stereocenters. The molecule has 3 aromatic rings. The molecule has 0 aliphatic rings. The van der Waals surface area contributed by atoms with E-state index in [-0.39, 0.29) is 22.6 Å². The van der Waals surface area contributed by atoms with Crippen LogP contribution in [0.2, 0.25) is 0 Å². The third-order valence-electron chi connectivity index (χ3n) is 3.80. The summed E-state index contributed by atoms with van der Waals surface area (Å²) in [5.74, 6) is -1.72. The number of aromatic nitrogens is 1. The summed E-state index contributed by atoms with van der Waals surface area (Å²) >= 11 is 0. The molecular weight excluding hydrogens is 322 g/mol. The zero-order chi connectivity index (χ0) is 18.0. The molecule has 0 saturated heterocycles. The second-order valence-corrected chi connectivity index (χ2v) is 5.37. The predicted molar refractivity (Wildman–Crippen MR) is 93.3 cm³/mol. The van der Waals surface area contributed by atoms with Crippen molar-refractivity contribution in [1.29, 1.82) is 0 Å². The van der Waals surface area contributed by atoms with Crippen LogP contribution in [0, 0.1) is 0 Å². The largest absolute Gasteiger partial charge is 0.508 e. The number of aromatic amines is 1. The maximum Gasteiger partial charge on any atom is 0.340 e. The highest BCUT2D eigenvalue weighted by Crippen LogP contribution is 2.29. The van der Waals surface area contributed by atoms with Gasteiger partial charge >= 0.3 is 11.9 Å². The minimum atomic E-state index is -1.15. The van der Waals surface area contributed by atoms with E-state index in [1.165, 1.54) is 25.3 Å². The van der Waals surface area contributed by atoms with Crippen molar-refractivity contribution in [3.63, 3.8) is 0 Å². The summed E-state index contributed by atoms with van der Waals surface area (Å²) in [6.07, 6.45) is 1.52. The molecule has 0 spiro atoms. The number of carboxylic acids is 1. The third kappa shape index (κ3) is 3.10. The van der Waals surface area contributed by atoms with Crippen molar-refractivity contribution in [3.05, 3.63) is 65.4 Å². The van der Waals surface area contributed by atoms with Gasteiger partial charge in [-0.2, -0.15) is 0 Å². The number of fused-ring (bicyclic) bond motifs is 1. The number of rotatable bonds is 4. The molecule has 3 rings (SSSR count). The molecule has 0 aliphatic carbocycles. The average molecular weight is 337 g/mol. The van der Waals surface area contributed by atoms with Gasteiger partial charge in [-0.05, 0) is 29.8 Å². The monoisotopic (exact) mass is 337 g/mol. The molecule has 0 aliphatic heterocycles. The number of phenols is 1. The molecule has 0 amide bonds.